The third kappa shape index (κ3) is 2.19. The van der Waals surface area contributed by atoms with Gasteiger partial charge in [0, 0.05) is 18.7 Å². The van der Waals surface area contributed by atoms with Crippen LogP contribution in [0, 0.1) is 0 Å². The number of benzene rings is 1. The first kappa shape index (κ1) is 11.1. The Hall–Kier alpha value is -1.02. The lowest BCUT2D eigenvalue weighted by Gasteiger charge is -2.35. The van der Waals surface area contributed by atoms with Gasteiger partial charge < -0.3 is 10.1 Å². The monoisotopic (exact) mass is 231 g/mol. The molecule has 2 nitrogen and oxygen atoms in total. The Balaban J connectivity index is 1.83. The molecule has 2 heteroatoms. The van der Waals surface area contributed by atoms with Crippen LogP contribution in [-0.4, -0.2) is 5.60 Å². The van der Waals surface area contributed by atoms with Gasteiger partial charge in [-0.3, -0.25) is 0 Å². The van der Waals surface area contributed by atoms with Gasteiger partial charge in [-0.1, -0.05) is 18.6 Å². The molecule has 0 atom stereocenters. The maximum absolute atomic E-state index is 6.35. The van der Waals surface area contributed by atoms with E-state index in [0.717, 1.165) is 18.8 Å². The Bertz CT molecular complexity index is 407. The number of ether oxygens (including phenoxy) is 1. The first-order chi connectivity index (χ1) is 8.27. The molecule has 1 aromatic carbocycles. The van der Waals surface area contributed by atoms with Crippen LogP contribution in [0.1, 0.15) is 50.2 Å². The molecule has 1 aliphatic heterocycles. The van der Waals surface area contributed by atoms with Gasteiger partial charge in [-0.05, 0) is 44.2 Å². The molecule has 0 spiro atoms. The molecule has 1 aromatic rings. The van der Waals surface area contributed by atoms with Crippen molar-refractivity contribution in [2.75, 3.05) is 0 Å². The number of hydrogen-bond donors (Lipinski definition) is 1. The van der Waals surface area contributed by atoms with Crippen LogP contribution in [0.25, 0.3) is 0 Å². The molecule has 1 aliphatic carbocycles. The minimum absolute atomic E-state index is 0.0654. The molecule has 1 N–H and O–H groups in total. The van der Waals surface area contributed by atoms with Crippen molar-refractivity contribution in [1.29, 1.82) is 0 Å². The van der Waals surface area contributed by atoms with Crippen LogP contribution in [0.15, 0.2) is 18.2 Å². The second-order valence-corrected chi connectivity index (χ2v) is 5.61. The van der Waals surface area contributed by atoms with Crippen molar-refractivity contribution < 1.29 is 4.74 Å². The molecule has 1 heterocycles. The molecular formula is C15H21NO. The molecular weight excluding hydrogens is 210 g/mol. The summed E-state index contributed by atoms with van der Waals surface area (Å²) in [6, 6.07) is 6.45. The number of nitrogens with one attached hydrogen (secondary N) is 1. The summed E-state index contributed by atoms with van der Waals surface area (Å²) in [7, 11) is 0. The Morgan fingerprint density at radius 2 is 1.94 bits per heavy atom. The largest absolute Gasteiger partial charge is 0.487 e. The molecule has 0 saturated heterocycles. The second-order valence-electron chi connectivity index (χ2n) is 5.61. The highest BCUT2D eigenvalue weighted by Crippen LogP contribution is 2.35. The van der Waals surface area contributed by atoms with Crippen LogP contribution in [-0.2, 0) is 13.1 Å². The van der Waals surface area contributed by atoms with Crippen LogP contribution < -0.4 is 10.1 Å². The topological polar surface area (TPSA) is 21.3 Å². The number of fused-ring (bicyclic) bond motifs is 1. The summed E-state index contributed by atoms with van der Waals surface area (Å²) in [4.78, 5) is 0. The quantitative estimate of drug-likeness (QED) is 0.842. The molecule has 3 rings (SSSR count). The van der Waals surface area contributed by atoms with Crippen molar-refractivity contribution in [3.05, 3.63) is 29.3 Å². The molecule has 2 aliphatic rings. The molecule has 17 heavy (non-hydrogen) atoms. The summed E-state index contributed by atoms with van der Waals surface area (Å²) in [5.41, 5.74) is 2.84. The van der Waals surface area contributed by atoms with E-state index in [4.69, 9.17) is 4.74 Å². The lowest BCUT2D eigenvalue weighted by atomic mass is 9.86. The van der Waals surface area contributed by atoms with Crippen molar-refractivity contribution >= 4 is 0 Å². The van der Waals surface area contributed by atoms with Crippen LogP contribution >= 0.6 is 0 Å². The number of hydrogen-bond acceptors (Lipinski definition) is 2. The Morgan fingerprint density at radius 3 is 2.76 bits per heavy atom. The number of rotatable bonds is 2. The van der Waals surface area contributed by atoms with Crippen molar-refractivity contribution in [2.45, 2.75) is 57.7 Å². The lowest BCUT2D eigenvalue weighted by Crippen LogP contribution is -2.34. The van der Waals surface area contributed by atoms with Gasteiger partial charge in [0.05, 0.1) is 0 Å². The third-order valence-electron chi connectivity index (χ3n) is 4.11. The Morgan fingerprint density at radius 1 is 1.12 bits per heavy atom. The second kappa shape index (κ2) is 4.34. The third-order valence-corrected chi connectivity index (χ3v) is 4.11. The van der Waals surface area contributed by atoms with Crippen molar-refractivity contribution in [2.24, 2.45) is 0 Å². The van der Waals surface area contributed by atoms with E-state index in [1.807, 2.05) is 0 Å². The minimum atomic E-state index is 0.0654. The average molecular weight is 231 g/mol. The molecule has 1 fully saturated rings. The molecule has 92 valence electrons. The average Bonchev–Trinajstić information content (AvgIpc) is 2.79. The summed E-state index contributed by atoms with van der Waals surface area (Å²) in [6.07, 6.45) is 6.38. The fourth-order valence-corrected chi connectivity index (χ4v) is 3.06. The van der Waals surface area contributed by atoms with E-state index in [1.165, 1.54) is 43.2 Å². The molecule has 1 saturated carbocycles. The van der Waals surface area contributed by atoms with Gasteiger partial charge in [-0.15, -0.1) is 0 Å². The molecule has 0 unspecified atom stereocenters. The zero-order chi connectivity index (χ0) is 11.7. The van der Waals surface area contributed by atoms with Gasteiger partial charge in [0.2, 0.25) is 0 Å². The fraction of sp³-hybridized carbons (Fsp3) is 0.600. The lowest BCUT2D eigenvalue weighted by molar-refractivity contribution is 0.0478. The SMILES string of the molecule is CC1(Oc2cccc3c2CNC3)CCCCC1. The van der Waals surface area contributed by atoms with Crippen LogP contribution in [0.2, 0.25) is 0 Å². The van der Waals surface area contributed by atoms with Gasteiger partial charge in [0.1, 0.15) is 11.4 Å². The van der Waals surface area contributed by atoms with E-state index in [2.05, 4.69) is 30.4 Å². The summed E-state index contributed by atoms with van der Waals surface area (Å²) in [6.45, 7) is 4.22. The highest BCUT2D eigenvalue weighted by molar-refractivity contribution is 5.42. The van der Waals surface area contributed by atoms with E-state index in [0.29, 0.717) is 0 Å². The van der Waals surface area contributed by atoms with Crippen LogP contribution in [0.3, 0.4) is 0 Å². The maximum Gasteiger partial charge on any atom is 0.124 e. The zero-order valence-corrected chi connectivity index (χ0v) is 10.6. The smallest absolute Gasteiger partial charge is 0.124 e. The van der Waals surface area contributed by atoms with Crippen molar-refractivity contribution in [3.8, 4) is 5.75 Å². The zero-order valence-electron chi connectivity index (χ0n) is 10.6. The normalized spacial score (nSPS) is 22.2. The van der Waals surface area contributed by atoms with E-state index >= 15 is 0 Å². The van der Waals surface area contributed by atoms with Gasteiger partial charge >= 0.3 is 0 Å². The molecule has 0 amide bonds. The standard InChI is InChI=1S/C15H21NO/c1-15(8-3-2-4-9-15)17-14-7-5-6-12-10-16-11-13(12)14/h5-7,16H,2-4,8-11H2,1H3. The first-order valence-corrected chi connectivity index (χ1v) is 6.77. The van der Waals surface area contributed by atoms with E-state index in [9.17, 15) is 0 Å². The summed E-state index contributed by atoms with van der Waals surface area (Å²) in [5.74, 6) is 1.11. The van der Waals surface area contributed by atoms with E-state index < -0.39 is 0 Å². The van der Waals surface area contributed by atoms with Crippen LogP contribution in [0.5, 0.6) is 5.75 Å². The van der Waals surface area contributed by atoms with Crippen LogP contribution in [0.4, 0.5) is 0 Å². The maximum atomic E-state index is 6.35. The Labute approximate surface area is 103 Å². The Kier molecular flexibility index (Phi) is 2.83. The van der Waals surface area contributed by atoms with Crippen molar-refractivity contribution in [1.82, 2.24) is 5.32 Å². The highest BCUT2D eigenvalue weighted by atomic mass is 16.5. The highest BCUT2D eigenvalue weighted by Gasteiger charge is 2.30. The molecule has 0 aromatic heterocycles. The van der Waals surface area contributed by atoms with Crippen molar-refractivity contribution in [3.63, 3.8) is 0 Å². The predicted octanol–water partition coefficient (Wildman–Crippen LogP) is 3.39. The summed E-state index contributed by atoms with van der Waals surface area (Å²) >= 11 is 0. The first-order valence-electron chi connectivity index (χ1n) is 6.77. The van der Waals surface area contributed by atoms with Gasteiger partial charge in [-0.25, -0.2) is 0 Å². The van der Waals surface area contributed by atoms with E-state index in [1.54, 1.807) is 0 Å². The minimum Gasteiger partial charge on any atom is -0.487 e. The molecule has 0 radical (unpaired) electrons. The van der Waals surface area contributed by atoms with Gasteiger partial charge in [-0.2, -0.15) is 0 Å². The molecule has 0 bridgehead atoms. The summed E-state index contributed by atoms with van der Waals surface area (Å²) in [5, 5.41) is 3.40. The predicted molar refractivity (Wildman–Crippen MR) is 69.1 cm³/mol. The summed E-state index contributed by atoms with van der Waals surface area (Å²) < 4.78 is 6.35. The van der Waals surface area contributed by atoms with E-state index in [-0.39, 0.29) is 5.60 Å². The fourth-order valence-electron chi connectivity index (χ4n) is 3.06. The van der Waals surface area contributed by atoms with Gasteiger partial charge in [0.15, 0.2) is 0 Å². The van der Waals surface area contributed by atoms with Gasteiger partial charge in [0.25, 0.3) is 0 Å².